The van der Waals surface area contributed by atoms with Gasteiger partial charge in [0.05, 0.1) is 0 Å². The number of hydrogen-bond acceptors (Lipinski definition) is 5. The Morgan fingerprint density at radius 3 is 2.68 bits per heavy atom. The van der Waals surface area contributed by atoms with E-state index >= 15 is 0 Å². The van der Waals surface area contributed by atoms with Crippen LogP contribution in [0.25, 0.3) is 0 Å². The van der Waals surface area contributed by atoms with Gasteiger partial charge in [-0.2, -0.15) is 4.72 Å². The van der Waals surface area contributed by atoms with Gasteiger partial charge in [0, 0.05) is 19.8 Å². The summed E-state index contributed by atoms with van der Waals surface area (Å²) >= 11 is 1.12. The van der Waals surface area contributed by atoms with Gasteiger partial charge in [-0.3, -0.25) is 4.79 Å². The van der Waals surface area contributed by atoms with Crippen molar-refractivity contribution in [1.29, 1.82) is 0 Å². The zero-order chi connectivity index (χ0) is 16.6. The van der Waals surface area contributed by atoms with E-state index in [0.29, 0.717) is 26.2 Å². The van der Waals surface area contributed by atoms with Crippen molar-refractivity contribution in [1.82, 2.24) is 10.0 Å². The molecule has 0 aromatic carbocycles. The fourth-order valence-corrected chi connectivity index (χ4v) is 4.13. The SMILES string of the molecule is CCOCCCNC(=O)[C@H](NS(=O)(=O)c1cccs1)C(C)C. The summed E-state index contributed by atoms with van der Waals surface area (Å²) in [6, 6.07) is 2.39. The first-order valence-corrected chi connectivity index (χ1v) is 9.66. The fourth-order valence-electron chi connectivity index (χ4n) is 1.77. The third-order valence-corrected chi connectivity index (χ3v) is 5.80. The number of amides is 1. The molecule has 1 heterocycles. The van der Waals surface area contributed by atoms with Gasteiger partial charge in [-0.05, 0) is 30.7 Å². The highest BCUT2D eigenvalue weighted by atomic mass is 32.2. The molecular weight excluding hydrogens is 324 g/mol. The number of rotatable bonds is 10. The number of carbonyl (C=O) groups excluding carboxylic acids is 1. The van der Waals surface area contributed by atoms with Gasteiger partial charge < -0.3 is 10.1 Å². The van der Waals surface area contributed by atoms with E-state index in [4.69, 9.17) is 4.74 Å². The minimum absolute atomic E-state index is 0.151. The lowest BCUT2D eigenvalue weighted by Crippen LogP contribution is -2.49. The molecule has 0 aliphatic rings. The smallest absolute Gasteiger partial charge is 0.250 e. The Labute approximate surface area is 136 Å². The van der Waals surface area contributed by atoms with Gasteiger partial charge >= 0.3 is 0 Å². The van der Waals surface area contributed by atoms with Crippen molar-refractivity contribution in [2.75, 3.05) is 19.8 Å². The van der Waals surface area contributed by atoms with Gasteiger partial charge in [0.15, 0.2) is 0 Å². The van der Waals surface area contributed by atoms with Crippen LogP contribution in [0.15, 0.2) is 21.7 Å². The standard InChI is InChI=1S/C14H24N2O4S2/c1-4-20-9-6-8-15-14(17)13(11(2)3)16-22(18,19)12-7-5-10-21-12/h5,7,10-11,13,16H,4,6,8-9H2,1-3H3,(H,15,17)/t13-/m1/s1. The predicted octanol–water partition coefficient (Wildman–Crippen LogP) is 1.59. The van der Waals surface area contributed by atoms with Crippen molar-refractivity contribution in [2.24, 2.45) is 5.92 Å². The van der Waals surface area contributed by atoms with Gasteiger partial charge in [0.1, 0.15) is 10.3 Å². The summed E-state index contributed by atoms with van der Waals surface area (Å²) in [5.41, 5.74) is 0. The molecule has 8 heteroatoms. The summed E-state index contributed by atoms with van der Waals surface area (Å²) in [4.78, 5) is 12.2. The maximum atomic E-state index is 12.2. The van der Waals surface area contributed by atoms with Crippen LogP contribution in [0, 0.1) is 5.92 Å². The summed E-state index contributed by atoms with van der Waals surface area (Å²) < 4.78 is 32.3. The molecule has 0 spiro atoms. The quantitative estimate of drug-likeness (QED) is 0.629. The molecule has 0 fully saturated rings. The summed E-state index contributed by atoms with van der Waals surface area (Å²) in [7, 11) is -3.66. The molecule has 126 valence electrons. The van der Waals surface area contributed by atoms with Crippen molar-refractivity contribution >= 4 is 27.3 Å². The molecule has 1 aromatic heterocycles. The molecule has 0 aliphatic carbocycles. The van der Waals surface area contributed by atoms with E-state index in [1.54, 1.807) is 25.3 Å². The molecule has 0 unspecified atom stereocenters. The molecule has 1 amide bonds. The summed E-state index contributed by atoms with van der Waals surface area (Å²) in [6.07, 6.45) is 0.696. The van der Waals surface area contributed by atoms with Gasteiger partial charge in [-0.1, -0.05) is 19.9 Å². The number of carbonyl (C=O) groups is 1. The molecule has 0 aliphatic heterocycles. The second-order valence-corrected chi connectivity index (χ2v) is 8.01. The van der Waals surface area contributed by atoms with Crippen LogP contribution in [-0.4, -0.2) is 40.1 Å². The molecule has 6 nitrogen and oxygen atoms in total. The van der Waals surface area contributed by atoms with Crippen LogP contribution in [0.4, 0.5) is 0 Å². The molecule has 2 N–H and O–H groups in total. The topological polar surface area (TPSA) is 84.5 Å². The van der Waals surface area contributed by atoms with E-state index in [1.807, 2.05) is 6.92 Å². The van der Waals surface area contributed by atoms with E-state index in [9.17, 15) is 13.2 Å². The van der Waals surface area contributed by atoms with Crippen molar-refractivity contribution in [2.45, 2.75) is 37.4 Å². The molecule has 0 bridgehead atoms. The molecule has 1 aromatic rings. The number of hydrogen-bond donors (Lipinski definition) is 2. The average Bonchev–Trinajstić information content (AvgIpc) is 2.99. The van der Waals surface area contributed by atoms with Gasteiger partial charge in [-0.25, -0.2) is 8.42 Å². The Balaban J connectivity index is 2.60. The van der Waals surface area contributed by atoms with E-state index in [2.05, 4.69) is 10.0 Å². The van der Waals surface area contributed by atoms with Crippen molar-refractivity contribution in [3.05, 3.63) is 17.5 Å². The second kappa shape index (κ2) is 9.24. The van der Waals surface area contributed by atoms with Crippen LogP contribution in [0.1, 0.15) is 27.2 Å². The average molecular weight is 348 g/mol. The molecule has 0 radical (unpaired) electrons. The number of thiophene rings is 1. The number of sulfonamides is 1. The first-order chi connectivity index (χ1) is 10.4. The highest BCUT2D eigenvalue weighted by Crippen LogP contribution is 2.17. The molecule has 1 rings (SSSR count). The maximum absolute atomic E-state index is 12.2. The molecular formula is C14H24N2O4S2. The van der Waals surface area contributed by atoms with Crippen molar-refractivity contribution in [3.8, 4) is 0 Å². The second-order valence-electron chi connectivity index (χ2n) is 5.12. The zero-order valence-electron chi connectivity index (χ0n) is 13.2. The van der Waals surface area contributed by atoms with E-state index in [1.165, 1.54) is 6.07 Å². The van der Waals surface area contributed by atoms with Gasteiger partial charge in [0.2, 0.25) is 5.91 Å². The summed E-state index contributed by atoms with van der Waals surface area (Å²) in [5.74, 6) is -0.465. The van der Waals surface area contributed by atoms with Gasteiger partial charge in [0.25, 0.3) is 10.0 Å². The van der Waals surface area contributed by atoms with Crippen LogP contribution in [0.3, 0.4) is 0 Å². The van der Waals surface area contributed by atoms with Crippen LogP contribution >= 0.6 is 11.3 Å². The fraction of sp³-hybridized carbons (Fsp3) is 0.643. The summed E-state index contributed by atoms with van der Waals surface area (Å²) in [5, 5.41) is 4.44. The highest BCUT2D eigenvalue weighted by Gasteiger charge is 2.28. The number of nitrogens with one attached hydrogen (secondary N) is 2. The van der Waals surface area contributed by atoms with E-state index in [0.717, 1.165) is 11.3 Å². The monoisotopic (exact) mass is 348 g/mol. The first kappa shape index (κ1) is 19.1. The Bertz CT molecular complexity index is 541. The third-order valence-electron chi connectivity index (χ3n) is 2.96. The lowest BCUT2D eigenvalue weighted by Gasteiger charge is -2.21. The predicted molar refractivity (Wildman–Crippen MR) is 87.4 cm³/mol. The van der Waals surface area contributed by atoms with Crippen molar-refractivity contribution in [3.63, 3.8) is 0 Å². The van der Waals surface area contributed by atoms with E-state index in [-0.39, 0.29) is 16.0 Å². The maximum Gasteiger partial charge on any atom is 0.250 e. The Hall–Kier alpha value is -0.960. The van der Waals surface area contributed by atoms with E-state index < -0.39 is 16.1 Å². The van der Waals surface area contributed by atoms with Gasteiger partial charge in [-0.15, -0.1) is 11.3 Å². The molecule has 0 saturated carbocycles. The molecule has 1 atom stereocenters. The zero-order valence-corrected chi connectivity index (χ0v) is 14.8. The van der Waals surface area contributed by atoms with Crippen LogP contribution in [0.5, 0.6) is 0 Å². The normalized spacial score (nSPS) is 13.3. The largest absolute Gasteiger partial charge is 0.382 e. The third kappa shape index (κ3) is 6.04. The first-order valence-electron chi connectivity index (χ1n) is 7.29. The Morgan fingerprint density at radius 1 is 1.41 bits per heavy atom. The van der Waals surface area contributed by atoms with Crippen LogP contribution in [0.2, 0.25) is 0 Å². The summed E-state index contributed by atoms with van der Waals surface area (Å²) in [6.45, 7) is 7.20. The Kier molecular flexibility index (Phi) is 8.02. The lowest BCUT2D eigenvalue weighted by molar-refractivity contribution is -0.123. The van der Waals surface area contributed by atoms with Crippen LogP contribution in [-0.2, 0) is 19.6 Å². The van der Waals surface area contributed by atoms with Crippen LogP contribution < -0.4 is 10.0 Å². The van der Waals surface area contributed by atoms with Crippen molar-refractivity contribution < 1.29 is 17.9 Å². The minimum Gasteiger partial charge on any atom is -0.382 e. The Morgan fingerprint density at radius 2 is 2.14 bits per heavy atom. The minimum atomic E-state index is -3.66. The highest BCUT2D eigenvalue weighted by molar-refractivity contribution is 7.91. The molecule has 22 heavy (non-hydrogen) atoms. The molecule has 0 saturated heterocycles. The number of ether oxygens (including phenoxy) is 1. The lowest BCUT2D eigenvalue weighted by atomic mass is 10.1.